The van der Waals surface area contributed by atoms with Crippen molar-refractivity contribution in [2.75, 3.05) is 0 Å². The molecule has 3 nitrogen and oxygen atoms in total. The molecule has 0 bridgehead atoms. The Hall–Kier alpha value is -0.870. The number of thiophene rings is 1. The summed E-state index contributed by atoms with van der Waals surface area (Å²) in [5.74, 6) is 0.925. The van der Waals surface area contributed by atoms with Gasteiger partial charge in [-0.25, -0.2) is 0 Å². The minimum Gasteiger partial charge on any atom is -0.317 e. The first kappa shape index (κ1) is 13.1. The Labute approximate surface area is 119 Å². The summed E-state index contributed by atoms with van der Waals surface area (Å²) in [5.41, 5.74) is -0.398. The predicted molar refractivity (Wildman–Crippen MR) is 78.0 cm³/mol. The van der Waals surface area contributed by atoms with Crippen LogP contribution in [-0.2, 0) is 4.79 Å². The molecule has 4 unspecified atom stereocenters. The molecule has 1 saturated carbocycles. The molecule has 2 aliphatic rings. The molecule has 104 valence electrons. The van der Waals surface area contributed by atoms with E-state index in [9.17, 15) is 4.79 Å². The van der Waals surface area contributed by atoms with Crippen LogP contribution in [0.3, 0.4) is 0 Å². The molecule has 1 aromatic rings. The molecule has 4 atom stereocenters. The van der Waals surface area contributed by atoms with Gasteiger partial charge in [0.2, 0.25) is 5.91 Å². The third-order valence-electron chi connectivity index (χ3n) is 4.60. The predicted octanol–water partition coefficient (Wildman–Crippen LogP) is 3.06. The van der Waals surface area contributed by atoms with E-state index in [4.69, 9.17) is 0 Å². The molecule has 1 amide bonds. The molecule has 1 saturated heterocycles. The fourth-order valence-electron chi connectivity index (χ4n) is 2.93. The summed E-state index contributed by atoms with van der Waals surface area (Å²) in [6, 6.07) is 4.73. The second-order valence-electron chi connectivity index (χ2n) is 6.17. The Morgan fingerprint density at radius 2 is 2.21 bits per heavy atom. The van der Waals surface area contributed by atoms with Gasteiger partial charge in [0.05, 0.1) is 5.54 Å². The summed E-state index contributed by atoms with van der Waals surface area (Å²) in [6.07, 6.45) is 2.06. The van der Waals surface area contributed by atoms with E-state index in [0.29, 0.717) is 12.0 Å². The minimum atomic E-state index is -0.398. The summed E-state index contributed by atoms with van der Waals surface area (Å²) in [6.45, 7) is 8.47. The molecule has 2 fully saturated rings. The third kappa shape index (κ3) is 2.01. The van der Waals surface area contributed by atoms with Crippen LogP contribution in [0.5, 0.6) is 0 Å². The van der Waals surface area contributed by atoms with Gasteiger partial charge in [-0.1, -0.05) is 13.8 Å². The number of hydrogen-bond donors (Lipinski definition) is 1. The largest absolute Gasteiger partial charge is 0.317 e. The lowest BCUT2D eigenvalue weighted by molar-refractivity contribution is -0.133. The van der Waals surface area contributed by atoms with E-state index in [2.05, 4.69) is 43.1 Å². The fourth-order valence-corrected chi connectivity index (χ4v) is 3.86. The Kier molecular flexibility index (Phi) is 2.98. The van der Waals surface area contributed by atoms with Gasteiger partial charge in [-0.3, -0.25) is 10.1 Å². The molecule has 1 aromatic heterocycles. The topological polar surface area (TPSA) is 32.3 Å². The third-order valence-corrected chi connectivity index (χ3v) is 5.66. The summed E-state index contributed by atoms with van der Waals surface area (Å²) in [7, 11) is 0. The van der Waals surface area contributed by atoms with E-state index in [1.54, 1.807) is 11.3 Å². The zero-order chi connectivity index (χ0) is 13.8. The van der Waals surface area contributed by atoms with E-state index < -0.39 is 5.54 Å². The van der Waals surface area contributed by atoms with Crippen molar-refractivity contribution in [1.29, 1.82) is 0 Å². The van der Waals surface area contributed by atoms with Gasteiger partial charge in [-0.15, -0.1) is 11.3 Å². The number of nitrogens with one attached hydrogen (secondary N) is 1. The Morgan fingerprint density at radius 1 is 1.53 bits per heavy atom. The smallest absolute Gasteiger partial charge is 0.244 e. The number of aryl methyl sites for hydroxylation is 1. The molecule has 1 N–H and O–H groups in total. The monoisotopic (exact) mass is 278 g/mol. The van der Waals surface area contributed by atoms with E-state index in [-0.39, 0.29) is 12.1 Å². The second-order valence-corrected chi connectivity index (χ2v) is 7.49. The number of nitrogens with zero attached hydrogens (tertiary/aromatic N) is 1. The average molecular weight is 278 g/mol. The molecule has 2 heterocycles. The van der Waals surface area contributed by atoms with Gasteiger partial charge in [0.25, 0.3) is 0 Å². The molecule has 1 aliphatic carbocycles. The molecule has 19 heavy (non-hydrogen) atoms. The van der Waals surface area contributed by atoms with Crippen LogP contribution >= 0.6 is 11.3 Å². The SMILES string of the molecule is CCC1(C)NC(c2ccc(C)s2)N(C2CC2C)C1=O. The van der Waals surface area contributed by atoms with Gasteiger partial charge in [0.15, 0.2) is 0 Å². The fraction of sp³-hybridized carbons (Fsp3) is 0.667. The number of hydrogen-bond acceptors (Lipinski definition) is 3. The maximum absolute atomic E-state index is 12.7. The second kappa shape index (κ2) is 4.32. The van der Waals surface area contributed by atoms with E-state index in [0.717, 1.165) is 12.8 Å². The molecule has 3 rings (SSSR count). The highest BCUT2D eigenvalue weighted by Gasteiger charge is 2.54. The number of carbonyl (C=O) groups excluding carboxylic acids is 1. The highest BCUT2D eigenvalue weighted by Crippen LogP contribution is 2.45. The van der Waals surface area contributed by atoms with Crippen molar-refractivity contribution in [3.05, 3.63) is 21.9 Å². The average Bonchev–Trinajstić information content (AvgIpc) is 2.82. The molecule has 0 radical (unpaired) electrons. The van der Waals surface area contributed by atoms with Crippen molar-refractivity contribution in [2.24, 2.45) is 5.92 Å². The van der Waals surface area contributed by atoms with Gasteiger partial charge in [-0.05, 0) is 44.7 Å². The Bertz CT molecular complexity index is 512. The van der Waals surface area contributed by atoms with Crippen LogP contribution in [0.1, 0.15) is 49.5 Å². The summed E-state index contributed by atoms with van der Waals surface area (Å²) in [5, 5.41) is 3.58. The van der Waals surface area contributed by atoms with Crippen LogP contribution in [0.25, 0.3) is 0 Å². The lowest BCUT2D eigenvalue weighted by Crippen LogP contribution is -2.43. The summed E-state index contributed by atoms with van der Waals surface area (Å²) in [4.78, 5) is 17.4. The van der Waals surface area contributed by atoms with Gasteiger partial charge >= 0.3 is 0 Å². The number of rotatable bonds is 3. The maximum atomic E-state index is 12.7. The standard InChI is InChI=1S/C15H22N2OS/c1-5-15(4)14(18)17(11-8-9(11)2)13(16-15)12-7-6-10(3)19-12/h6-7,9,11,13,16H,5,8H2,1-4H3. The number of carbonyl (C=O) groups is 1. The van der Waals surface area contributed by atoms with E-state index in [1.165, 1.54) is 9.75 Å². The molecule has 0 aromatic carbocycles. The van der Waals surface area contributed by atoms with Gasteiger partial charge in [-0.2, -0.15) is 0 Å². The van der Waals surface area contributed by atoms with Gasteiger partial charge < -0.3 is 4.90 Å². The van der Waals surface area contributed by atoms with Crippen LogP contribution in [0.15, 0.2) is 12.1 Å². The van der Waals surface area contributed by atoms with Crippen LogP contribution in [0.4, 0.5) is 0 Å². The van der Waals surface area contributed by atoms with Crippen LogP contribution < -0.4 is 5.32 Å². The Morgan fingerprint density at radius 3 is 2.68 bits per heavy atom. The van der Waals surface area contributed by atoms with Crippen LogP contribution in [-0.4, -0.2) is 22.4 Å². The quantitative estimate of drug-likeness (QED) is 0.921. The van der Waals surface area contributed by atoms with E-state index >= 15 is 0 Å². The van der Waals surface area contributed by atoms with Gasteiger partial charge in [0.1, 0.15) is 6.17 Å². The maximum Gasteiger partial charge on any atom is 0.244 e. The minimum absolute atomic E-state index is 0.0751. The first-order valence-corrected chi connectivity index (χ1v) is 7.94. The van der Waals surface area contributed by atoms with Gasteiger partial charge in [0, 0.05) is 15.8 Å². The first-order chi connectivity index (χ1) is 8.96. The molecular formula is C15H22N2OS. The molecular weight excluding hydrogens is 256 g/mol. The lowest BCUT2D eigenvalue weighted by Gasteiger charge is -2.23. The first-order valence-electron chi connectivity index (χ1n) is 7.13. The molecule has 4 heteroatoms. The zero-order valence-corrected chi connectivity index (χ0v) is 12.9. The zero-order valence-electron chi connectivity index (χ0n) is 12.1. The van der Waals surface area contributed by atoms with Crippen molar-refractivity contribution >= 4 is 17.2 Å². The Balaban J connectivity index is 1.95. The van der Waals surface area contributed by atoms with Crippen molar-refractivity contribution in [3.8, 4) is 0 Å². The van der Waals surface area contributed by atoms with Crippen LogP contribution in [0, 0.1) is 12.8 Å². The summed E-state index contributed by atoms with van der Waals surface area (Å²) < 4.78 is 0. The van der Waals surface area contributed by atoms with Crippen molar-refractivity contribution in [2.45, 2.75) is 58.3 Å². The summed E-state index contributed by atoms with van der Waals surface area (Å²) >= 11 is 1.79. The lowest BCUT2D eigenvalue weighted by atomic mass is 9.99. The van der Waals surface area contributed by atoms with E-state index in [1.807, 2.05) is 6.92 Å². The van der Waals surface area contributed by atoms with Crippen LogP contribution in [0.2, 0.25) is 0 Å². The molecule has 0 spiro atoms. The van der Waals surface area contributed by atoms with Crippen molar-refractivity contribution in [3.63, 3.8) is 0 Å². The van der Waals surface area contributed by atoms with Crippen molar-refractivity contribution < 1.29 is 4.79 Å². The number of amides is 1. The van der Waals surface area contributed by atoms with Crippen molar-refractivity contribution in [1.82, 2.24) is 10.2 Å². The molecule has 1 aliphatic heterocycles. The highest BCUT2D eigenvalue weighted by molar-refractivity contribution is 7.12. The normalized spacial score (nSPS) is 38.0. The highest BCUT2D eigenvalue weighted by atomic mass is 32.1.